The van der Waals surface area contributed by atoms with Crippen LogP contribution in [0.15, 0.2) is 47.5 Å². The molecule has 1 aliphatic heterocycles. The Bertz CT molecular complexity index is 810. The zero-order valence-electron chi connectivity index (χ0n) is 14.0. The van der Waals surface area contributed by atoms with Crippen molar-refractivity contribution in [3.05, 3.63) is 48.4 Å². The van der Waals surface area contributed by atoms with Crippen LogP contribution in [-0.2, 0) is 10.0 Å². The van der Waals surface area contributed by atoms with Gasteiger partial charge in [0.05, 0.1) is 0 Å². The summed E-state index contributed by atoms with van der Waals surface area (Å²) in [7, 11) is -2.09. The standard InChI is InChI=1S/C17H21FN4O2S/c1-19-25(23,24)16-7-8-17(20-13-16)22-10-2-9-21(11-12-22)15-5-3-14(18)4-6-15/h3-8,13,19H,2,9-12H2,1H3. The number of anilines is 2. The minimum Gasteiger partial charge on any atom is -0.370 e. The van der Waals surface area contributed by atoms with Crippen molar-refractivity contribution < 1.29 is 12.8 Å². The highest BCUT2D eigenvalue weighted by atomic mass is 32.2. The van der Waals surface area contributed by atoms with E-state index in [9.17, 15) is 12.8 Å². The molecule has 6 nitrogen and oxygen atoms in total. The van der Waals surface area contributed by atoms with Gasteiger partial charge in [-0.25, -0.2) is 22.5 Å². The Hall–Kier alpha value is -2.19. The summed E-state index contributed by atoms with van der Waals surface area (Å²) in [6.45, 7) is 3.28. The molecule has 1 aromatic heterocycles. The molecule has 134 valence electrons. The molecular weight excluding hydrogens is 343 g/mol. The first-order chi connectivity index (χ1) is 12.0. The second-order valence-corrected chi connectivity index (χ2v) is 7.75. The number of benzene rings is 1. The van der Waals surface area contributed by atoms with E-state index in [4.69, 9.17) is 0 Å². The minimum atomic E-state index is -3.47. The number of sulfonamides is 1. The highest BCUT2D eigenvalue weighted by Crippen LogP contribution is 2.20. The maximum atomic E-state index is 13.1. The van der Waals surface area contributed by atoms with Crippen LogP contribution in [0.1, 0.15) is 6.42 Å². The van der Waals surface area contributed by atoms with Gasteiger partial charge in [0, 0.05) is 38.1 Å². The summed E-state index contributed by atoms with van der Waals surface area (Å²) in [5, 5.41) is 0. The van der Waals surface area contributed by atoms with Crippen molar-refractivity contribution in [3.8, 4) is 0 Å². The lowest BCUT2D eigenvalue weighted by molar-refractivity contribution is 0.588. The van der Waals surface area contributed by atoms with E-state index in [0.717, 1.165) is 44.1 Å². The number of hydrogen-bond donors (Lipinski definition) is 1. The average molecular weight is 364 g/mol. The molecule has 1 aliphatic rings. The second kappa shape index (κ2) is 7.37. The highest BCUT2D eigenvalue weighted by molar-refractivity contribution is 7.89. The maximum absolute atomic E-state index is 13.1. The van der Waals surface area contributed by atoms with Crippen LogP contribution >= 0.6 is 0 Å². The van der Waals surface area contributed by atoms with E-state index in [1.54, 1.807) is 24.3 Å². The number of nitrogens with zero attached hydrogens (tertiary/aromatic N) is 3. The molecule has 1 saturated heterocycles. The van der Waals surface area contributed by atoms with Gasteiger partial charge in [-0.3, -0.25) is 0 Å². The van der Waals surface area contributed by atoms with Gasteiger partial charge in [0.2, 0.25) is 10.0 Å². The first-order valence-electron chi connectivity index (χ1n) is 8.15. The van der Waals surface area contributed by atoms with E-state index in [0.29, 0.717) is 0 Å². The number of rotatable bonds is 4. The smallest absolute Gasteiger partial charge is 0.241 e. The van der Waals surface area contributed by atoms with Crippen molar-refractivity contribution in [2.75, 3.05) is 43.0 Å². The number of aromatic nitrogens is 1. The fraction of sp³-hybridized carbons (Fsp3) is 0.353. The third kappa shape index (κ3) is 4.08. The van der Waals surface area contributed by atoms with Crippen LogP contribution in [0.4, 0.5) is 15.9 Å². The minimum absolute atomic E-state index is 0.154. The summed E-state index contributed by atoms with van der Waals surface area (Å²) in [6.07, 6.45) is 2.32. The molecule has 0 saturated carbocycles. The maximum Gasteiger partial charge on any atom is 0.241 e. The lowest BCUT2D eigenvalue weighted by Gasteiger charge is -2.24. The zero-order valence-corrected chi connectivity index (χ0v) is 14.8. The molecule has 2 aromatic rings. The molecule has 0 aliphatic carbocycles. The van der Waals surface area contributed by atoms with Crippen molar-refractivity contribution in [1.82, 2.24) is 9.71 Å². The molecule has 1 aromatic carbocycles. The van der Waals surface area contributed by atoms with E-state index >= 15 is 0 Å². The Labute approximate surface area is 147 Å². The van der Waals surface area contributed by atoms with Crippen LogP contribution in [0.5, 0.6) is 0 Å². The van der Waals surface area contributed by atoms with Gasteiger partial charge in [0.15, 0.2) is 0 Å². The Morgan fingerprint density at radius 2 is 1.68 bits per heavy atom. The highest BCUT2D eigenvalue weighted by Gasteiger charge is 2.18. The number of nitrogens with one attached hydrogen (secondary N) is 1. The van der Waals surface area contributed by atoms with Crippen molar-refractivity contribution >= 4 is 21.5 Å². The molecule has 2 heterocycles. The fourth-order valence-corrected chi connectivity index (χ4v) is 3.57. The van der Waals surface area contributed by atoms with Gasteiger partial charge in [0.1, 0.15) is 16.5 Å². The Balaban J connectivity index is 1.69. The van der Waals surface area contributed by atoms with E-state index in [1.807, 2.05) is 0 Å². The topological polar surface area (TPSA) is 65.5 Å². The van der Waals surface area contributed by atoms with Gasteiger partial charge >= 0.3 is 0 Å². The van der Waals surface area contributed by atoms with Gasteiger partial charge < -0.3 is 9.80 Å². The molecular formula is C17H21FN4O2S. The van der Waals surface area contributed by atoms with E-state index < -0.39 is 10.0 Å². The molecule has 0 atom stereocenters. The second-order valence-electron chi connectivity index (χ2n) is 5.86. The number of pyridine rings is 1. The van der Waals surface area contributed by atoms with E-state index in [1.165, 1.54) is 25.4 Å². The van der Waals surface area contributed by atoms with Gasteiger partial charge in [0.25, 0.3) is 0 Å². The van der Waals surface area contributed by atoms with Crippen LogP contribution in [0.2, 0.25) is 0 Å². The Kier molecular flexibility index (Phi) is 5.19. The third-order valence-corrected chi connectivity index (χ3v) is 5.71. The quantitative estimate of drug-likeness (QED) is 0.897. The van der Waals surface area contributed by atoms with E-state index in [-0.39, 0.29) is 10.7 Å². The fourth-order valence-electron chi connectivity index (χ4n) is 2.89. The van der Waals surface area contributed by atoms with Gasteiger partial charge in [-0.15, -0.1) is 0 Å². The lowest BCUT2D eigenvalue weighted by Crippen LogP contribution is -2.31. The lowest BCUT2D eigenvalue weighted by atomic mass is 10.2. The van der Waals surface area contributed by atoms with Gasteiger partial charge in [-0.1, -0.05) is 0 Å². The molecule has 25 heavy (non-hydrogen) atoms. The number of halogens is 1. The molecule has 0 unspecified atom stereocenters. The van der Waals surface area contributed by atoms with E-state index in [2.05, 4.69) is 19.5 Å². The normalized spacial score (nSPS) is 15.9. The molecule has 1 fully saturated rings. The summed E-state index contributed by atoms with van der Waals surface area (Å²) in [4.78, 5) is 8.82. The third-order valence-electron chi connectivity index (χ3n) is 4.31. The first kappa shape index (κ1) is 17.6. The van der Waals surface area contributed by atoms with Crippen LogP contribution in [-0.4, -0.2) is 46.6 Å². The first-order valence-corrected chi connectivity index (χ1v) is 9.63. The predicted molar refractivity (Wildman–Crippen MR) is 95.9 cm³/mol. The summed E-state index contributed by atoms with van der Waals surface area (Å²) >= 11 is 0. The largest absolute Gasteiger partial charge is 0.370 e. The van der Waals surface area contributed by atoms with Gasteiger partial charge in [-0.2, -0.15) is 0 Å². The Morgan fingerprint density at radius 1 is 1.00 bits per heavy atom. The van der Waals surface area contributed by atoms with Crippen molar-refractivity contribution in [2.45, 2.75) is 11.3 Å². The van der Waals surface area contributed by atoms with Crippen molar-refractivity contribution in [1.29, 1.82) is 0 Å². The van der Waals surface area contributed by atoms with Gasteiger partial charge in [-0.05, 0) is 49.9 Å². The van der Waals surface area contributed by atoms with Crippen molar-refractivity contribution in [2.24, 2.45) is 0 Å². The van der Waals surface area contributed by atoms with Crippen LogP contribution in [0.3, 0.4) is 0 Å². The summed E-state index contributed by atoms with van der Waals surface area (Å²) in [5.41, 5.74) is 1.01. The van der Waals surface area contributed by atoms with Crippen LogP contribution < -0.4 is 14.5 Å². The molecule has 8 heteroatoms. The number of hydrogen-bond acceptors (Lipinski definition) is 5. The summed E-state index contributed by atoms with van der Waals surface area (Å²) in [6, 6.07) is 9.83. The zero-order chi connectivity index (χ0) is 17.9. The Morgan fingerprint density at radius 3 is 2.32 bits per heavy atom. The molecule has 0 spiro atoms. The molecule has 1 N–H and O–H groups in total. The molecule has 0 amide bonds. The van der Waals surface area contributed by atoms with Crippen LogP contribution in [0.25, 0.3) is 0 Å². The monoisotopic (exact) mass is 364 g/mol. The predicted octanol–water partition coefficient (Wildman–Crippen LogP) is 1.85. The summed E-state index contributed by atoms with van der Waals surface area (Å²) < 4.78 is 38.9. The summed E-state index contributed by atoms with van der Waals surface area (Å²) in [5.74, 6) is 0.525. The SMILES string of the molecule is CNS(=O)(=O)c1ccc(N2CCCN(c3ccc(F)cc3)CC2)nc1. The van der Waals surface area contributed by atoms with Crippen molar-refractivity contribution in [3.63, 3.8) is 0 Å². The molecule has 0 bridgehead atoms. The average Bonchev–Trinajstić information content (AvgIpc) is 2.89. The van der Waals surface area contributed by atoms with Crippen LogP contribution in [0, 0.1) is 5.82 Å². The molecule has 0 radical (unpaired) electrons. The molecule has 3 rings (SSSR count).